The van der Waals surface area contributed by atoms with Gasteiger partial charge in [0.05, 0.1) is 11.9 Å². The van der Waals surface area contributed by atoms with Crippen LogP contribution in [0.1, 0.15) is 24.1 Å². The molecule has 82 valence electrons. The predicted octanol–water partition coefficient (Wildman–Crippen LogP) is 0.209. The number of nitrogens with one attached hydrogen (secondary N) is 1. The highest BCUT2D eigenvalue weighted by Gasteiger charge is 2.21. The van der Waals surface area contributed by atoms with Gasteiger partial charge >= 0.3 is 9.84 Å². The molecule has 1 aromatic heterocycles. The molecule has 6 heteroatoms. The molecule has 0 fully saturated rings. The Labute approximate surface area is 87.5 Å². The first-order chi connectivity index (χ1) is 6.98. The Morgan fingerprint density at radius 2 is 2.07 bits per heavy atom. The summed E-state index contributed by atoms with van der Waals surface area (Å²) in [6, 6.07) is 0. The number of H-pyrrole nitrogens is 1. The van der Waals surface area contributed by atoms with Gasteiger partial charge in [-0.2, -0.15) is 4.21 Å². The van der Waals surface area contributed by atoms with Gasteiger partial charge in [0.2, 0.25) is 0 Å². The van der Waals surface area contributed by atoms with Crippen molar-refractivity contribution in [3.63, 3.8) is 0 Å². The van der Waals surface area contributed by atoms with Crippen LogP contribution in [0.4, 0.5) is 0 Å². The lowest BCUT2D eigenvalue weighted by atomic mass is 9.97. The maximum absolute atomic E-state index is 11.6. The molecule has 15 heavy (non-hydrogen) atoms. The highest BCUT2D eigenvalue weighted by molar-refractivity contribution is 7.90. The van der Waals surface area contributed by atoms with E-state index in [0.717, 1.165) is 25.5 Å². The summed E-state index contributed by atoms with van der Waals surface area (Å²) in [6.07, 6.45) is 4.56. The summed E-state index contributed by atoms with van der Waals surface area (Å²) >= 11 is 0. The second-order valence-corrected chi connectivity index (χ2v) is 5.80. The Kier molecular flexibility index (Phi) is 2.38. The molecule has 0 radical (unpaired) electrons. The highest BCUT2D eigenvalue weighted by Crippen LogP contribution is 2.16. The zero-order chi connectivity index (χ0) is 11.1. The van der Waals surface area contributed by atoms with Crippen molar-refractivity contribution >= 4 is 9.84 Å². The quantitative estimate of drug-likeness (QED) is 0.552. The van der Waals surface area contributed by atoms with Gasteiger partial charge in [-0.15, -0.1) is 0 Å². The minimum atomic E-state index is -3.18. The van der Waals surface area contributed by atoms with E-state index in [2.05, 4.69) is 9.97 Å². The fourth-order valence-corrected chi connectivity index (χ4v) is 2.32. The molecule has 0 aliphatic heterocycles. The minimum absolute atomic E-state index is 0.104. The zero-order valence-corrected chi connectivity index (χ0v) is 9.26. The van der Waals surface area contributed by atoms with E-state index >= 15 is 0 Å². The van der Waals surface area contributed by atoms with Crippen LogP contribution in [-0.4, -0.2) is 24.6 Å². The molecule has 1 aliphatic rings. The third-order valence-corrected chi connectivity index (χ3v) is 3.44. The summed E-state index contributed by atoms with van der Waals surface area (Å²) in [7, 11) is -3.18. The number of fused-ring (bicyclic) bond motifs is 1. The minimum Gasteiger partial charge on any atom is -0.293 e. The van der Waals surface area contributed by atoms with Crippen molar-refractivity contribution in [1.29, 1.82) is 0 Å². The van der Waals surface area contributed by atoms with E-state index < -0.39 is 9.84 Å². The normalized spacial score (nSPS) is 19.3. The number of hydrogen-bond acceptors (Lipinski definition) is 3. The maximum atomic E-state index is 11.6. The summed E-state index contributed by atoms with van der Waals surface area (Å²) in [5.41, 5.74) is 1.09. The topological polar surface area (TPSA) is 84.2 Å². The molecular formula is C9H13N2O3S+. The van der Waals surface area contributed by atoms with Crippen LogP contribution in [0, 0.1) is 0 Å². The summed E-state index contributed by atoms with van der Waals surface area (Å²) < 4.78 is 20.7. The Bertz CT molecular complexity index is 545. The molecule has 1 aromatic rings. The van der Waals surface area contributed by atoms with Crippen LogP contribution in [0.15, 0.2) is 9.95 Å². The van der Waals surface area contributed by atoms with Crippen molar-refractivity contribution in [2.75, 3.05) is 6.26 Å². The van der Waals surface area contributed by atoms with Gasteiger partial charge in [-0.25, -0.2) is 9.19 Å². The molecular weight excluding hydrogens is 216 g/mol. The molecule has 0 bridgehead atoms. The molecule has 2 N–H and O–H groups in total. The monoisotopic (exact) mass is 229 g/mol. The van der Waals surface area contributed by atoms with Gasteiger partial charge in [0.25, 0.3) is 10.7 Å². The average molecular weight is 229 g/mol. The highest BCUT2D eigenvalue weighted by atomic mass is 32.2. The molecule has 1 unspecified atom stereocenters. The van der Waals surface area contributed by atoms with Crippen LogP contribution in [0.5, 0.6) is 0 Å². The van der Waals surface area contributed by atoms with E-state index in [-0.39, 0.29) is 10.7 Å². The molecule has 1 aliphatic carbocycles. The third-order valence-electron chi connectivity index (χ3n) is 2.53. The second kappa shape index (κ2) is 3.44. The van der Waals surface area contributed by atoms with Gasteiger partial charge in [0.15, 0.2) is 0 Å². The van der Waals surface area contributed by atoms with E-state index in [1.807, 2.05) is 0 Å². The number of hydrogen-bond donors (Lipinski definition) is 1. The van der Waals surface area contributed by atoms with Crippen molar-refractivity contribution in [1.82, 2.24) is 9.97 Å². The molecule has 0 aromatic carbocycles. The van der Waals surface area contributed by atoms with E-state index in [4.69, 9.17) is 0 Å². The molecule has 1 atom stereocenters. The number of rotatable bonds is 1. The smallest absolute Gasteiger partial charge is 0.293 e. The third kappa shape index (κ3) is 1.94. The van der Waals surface area contributed by atoms with Crippen molar-refractivity contribution in [2.24, 2.45) is 0 Å². The van der Waals surface area contributed by atoms with Gasteiger partial charge in [-0.1, -0.05) is 0 Å². The molecule has 0 amide bonds. The Balaban J connectivity index is 2.65. The lowest BCUT2D eigenvalue weighted by molar-refractivity contribution is 0.598. The second-order valence-electron chi connectivity index (χ2n) is 3.81. The van der Waals surface area contributed by atoms with Crippen LogP contribution in [0.3, 0.4) is 0 Å². The zero-order valence-electron chi connectivity index (χ0n) is 8.45. The van der Waals surface area contributed by atoms with E-state index in [0.29, 0.717) is 17.7 Å². The standard InChI is InChI=1S/C9H12N2O3S/c1-15(13,14)9-10-7-5-3-2-4-6(7)8(12)11-9/h2-5H2,1H3,(H,10,11,12)/p+1. The van der Waals surface area contributed by atoms with Crippen LogP contribution in [0.2, 0.25) is 0 Å². The fraction of sp³-hybridized carbons (Fsp3) is 0.556. The Morgan fingerprint density at radius 1 is 1.40 bits per heavy atom. The fourth-order valence-electron chi connectivity index (χ4n) is 1.76. The largest absolute Gasteiger partial charge is 0.333 e. The number of nitrogens with zero attached hydrogens (tertiary/aromatic N) is 1. The summed E-state index contributed by atoms with van der Waals surface area (Å²) in [4.78, 5) is 18.0. The molecule has 2 rings (SSSR count). The first-order valence-corrected chi connectivity index (χ1v) is 6.74. The average Bonchev–Trinajstić information content (AvgIpc) is 2.16. The first kappa shape index (κ1) is 10.4. The van der Waals surface area contributed by atoms with Crippen LogP contribution >= 0.6 is 0 Å². The predicted molar refractivity (Wildman–Crippen MR) is 55.8 cm³/mol. The van der Waals surface area contributed by atoms with Crippen molar-refractivity contribution in [3.8, 4) is 0 Å². The van der Waals surface area contributed by atoms with Gasteiger partial charge < -0.3 is 0 Å². The summed E-state index contributed by atoms with van der Waals surface area (Å²) in [6.45, 7) is 0. The van der Waals surface area contributed by atoms with Crippen molar-refractivity contribution in [2.45, 2.75) is 30.8 Å². The molecule has 0 spiro atoms. The van der Waals surface area contributed by atoms with Crippen LogP contribution in [0.25, 0.3) is 0 Å². The summed E-state index contributed by atoms with van der Waals surface area (Å²) in [5, 5.41) is -0.104. The maximum Gasteiger partial charge on any atom is 0.333 e. The summed E-state index contributed by atoms with van der Waals surface area (Å²) in [5.74, 6) is 0. The lowest BCUT2D eigenvalue weighted by Crippen LogP contribution is -2.24. The number of aryl methyl sites for hydroxylation is 1. The number of aromatic nitrogens is 2. The van der Waals surface area contributed by atoms with Gasteiger partial charge in [-0.3, -0.25) is 9.78 Å². The van der Waals surface area contributed by atoms with Crippen LogP contribution < -0.4 is 5.56 Å². The van der Waals surface area contributed by atoms with Gasteiger partial charge in [-0.05, 0) is 25.7 Å². The molecule has 0 saturated carbocycles. The molecule has 1 heterocycles. The first-order valence-electron chi connectivity index (χ1n) is 4.82. The van der Waals surface area contributed by atoms with E-state index in [1.54, 1.807) is 0 Å². The van der Waals surface area contributed by atoms with Crippen molar-refractivity contribution < 1.29 is 8.42 Å². The lowest BCUT2D eigenvalue weighted by Gasteiger charge is -2.12. The van der Waals surface area contributed by atoms with Gasteiger partial charge in [0, 0.05) is 5.56 Å². The van der Waals surface area contributed by atoms with Crippen molar-refractivity contribution in [3.05, 3.63) is 21.6 Å². The van der Waals surface area contributed by atoms with E-state index in [9.17, 15) is 13.2 Å². The molecule has 0 saturated heterocycles. The SMILES string of the molecule is CS(=O)(=[OH+])c1nc2c(c(=O)[nH]1)CCCC2. The Hall–Kier alpha value is -1.17. The Morgan fingerprint density at radius 3 is 2.73 bits per heavy atom. The van der Waals surface area contributed by atoms with Crippen LogP contribution in [-0.2, 0) is 22.7 Å². The van der Waals surface area contributed by atoms with Gasteiger partial charge in [0.1, 0.15) is 0 Å². The van der Waals surface area contributed by atoms with E-state index in [1.165, 1.54) is 0 Å². The number of aromatic amines is 1. The molecule has 5 nitrogen and oxygen atoms in total.